The maximum absolute atomic E-state index is 6.85. The van der Waals surface area contributed by atoms with Crippen LogP contribution in [0.1, 0.15) is 0 Å². The molecule has 0 amide bonds. The Hall–Kier alpha value is -3.23. The van der Waals surface area contributed by atoms with Crippen LogP contribution in [0, 0.1) is 0 Å². The maximum Gasteiger partial charge on any atom is 0.0881 e. The van der Waals surface area contributed by atoms with E-state index < -0.39 is 0 Å². The molecule has 4 aromatic carbocycles. The molecule has 0 unspecified atom stereocenters. The quantitative estimate of drug-likeness (QED) is 0.390. The van der Waals surface area contributed by atoms with E-state index in [2.05, 4.69) is 34.5 Å². The molecule has 0 bridgehead atoms. The number of para-hydroxylation sites is 3. The molecule has 4 rings (SSSR count). The topological polar surface area (TPSA) is 15.3 Å². The van der Waals surface area contributed by atoms with Gasteiger partial charge >= 0.3 is 0 Å². The Labute approximate surface area is 164 Å². The van der Waals surface area contributed by atoms with E-state index in [0.29, 0.717) is 5.02 Å². The van der Waals surface area contributed by atoms with Crippen molar-refractivity contribution in [2.24, 2.45) is 0 Å². The highest BCUT2D eigenvalue weighted by Crippen LogP contribution is 2.42. The van der Waals surface area contributed by atoms with Crippen molar-refractivity contribution in [3.05, 3.63) is 114 Å². The van der Waals surface area contributed by atoms with Gasteiger partial charge in [0.05, 0.1) is 16.4 Å². The smallest absolute Gasteiger partial charge is 0.0881 e. The van der Waals surface area contributed by atoms with Crippen LogP contribution in [-0.4, -0.2) is 0 Å². The summed E-state index contributed by atoms with van der Waals surface area (Å²) in [5, 5.41) is 4.09. The van der Waals surface area contributed by atoms with Crippen molar-refractivity contribution < 1.29 is 0 Å². The Morgan fingerprint density at radius 1 is 0.556 bits per heavy atom. The number of hydrogen-bond donors (Lipinski definition) is 1. The third-order valence-electron chi connectivity index (χ3n) is 4.30. The second-order valence-corrected chi connectivity index (χ2v) is 6.51. The van der Waals surface area contributed by atoms with E-state index in [4.69, 9.17) is 11.6 Å². The third-order valence-corrected chi connectivity index (χ3v) is 4.70. The van der Waals surface area contributed by atoms with Crippen LogP contribution in [0.15, 0.2) is 109 Å². The Morgan fingerprint density at radius 3 is 1.63 bits per heavy atom. The van der Waals surface area contributed by atoms with Gasteiger partial charge in [0, 0.05) is 17.1 Å². The zero-order chi connectivity index (χ0) is 18.5. The molecule has 0 spiro atoms. The Bertz CT molecular complexity index is 963. The van der Waals surface area contributed by atoms with E-state index in [0.717, 1.165) is 28.4 Å². The summed E-state index contributed by atoms with van der Waals surface area (Å²) >= 11 is 6.85. The number of nitrogens with zero attached hydrogens (tertiary/aromatic N) is 1. The second-order valence-electron chi connectivity index (χ2n) is 6.14. The standard InChI is InChI=1S/C24H19ClN2/c25-24-22(26-19-11-4-1-5-12-19)17-10-18-23(24)27(20-13-6-2-7-14-20)21-15-8-3-9-16-21/h1-18,26H. The van der Waals surface area contributed by atoms with Gasteiger partial charge in [-0.05, 0) is 48.5 Å². The molecule has 0 radical (unpaired) electrons. The molecule has 0 atom stereocenters. The van der Waals surface area contributed by atoms with E-state index in [9.17, 15) is 0 Å². The normalized spacial score (nSPS) is 10.4. The molecule has 0 saturated carbocycles. The van der Waals surface area contributed by atoms with E-state index in [1.54, 1.807) is 0 Å². The van der Waals surface area contributed by atoms with Gasteiger partial charge in [0.25, 0.3) is 0 Å². The fraction of sp³-hybridized carbons (Fsp3) is 0. The minimum atomic E-state index is 0.675. The second kappa shape index (κ2) is 7.98. The first kappa shape index (κ1) is 17.2. The van der Waals surface area contributed by atoms with Gasteiger partial charge in [-0.25, -0.2) is 0 Å². The first-order chi connectivity index (χ1) is 13.3. The molecule has 0 heterocycles. The summed E-state index contributed by atoms with van der Waals surface area (Å²) in [4.78, 5) is 2.17. The van der Waals surface area contributed by atoms with Gasteiger partial charge < -0.3 is 10.2 Å². The molecule has 2 nitrogen and oxygen atoms in total. The van der Waals surface area contributed by atoms with Crippen LogP contribution in [0.4, 0.5) is 28.4 Å². The molecule has 0 aliphatic heterocycles. The molecule has 0 aliphatic rings. The number of hydrogen-bond acceptors (Lipinski definition) is 2. The largest absolute Gasteiger partial charge is 0.354 e. The van der Waals surface area contributed by atoms with Crippen molar-refractivity contribution in [1.29, 1.82) is 0 Å². The van der Waals surface area contributed by atoms with Crippen molar-refractivity contribution in [3.8, 4) is 0 Å². The van der Waals surface area contributed by atoms with Gasteiger partial charge in [0.15, 0.2) is 0 Å². The number of benzene rings is 4. The zero-order valence-corrected chi connectivity index (χ0v) is 15.5. The van der Waals surface area contributed by atoms with Crippen LogP contribution in [-0.2, 0) is 0 Å². The minimum absolute atomic E-state index is 0.675. The molecule has 27 heavy (non-hydrogen) atoms. The molecule has 0 fully saturated rings. The monoisotopic (exact) mass is 370 g/mol. The van der Waals surface area contributed by atoms with Crippen LogP contribution in [0.3, 0.4) is 0 Å². The van der Waals surface area contributed by atoms with Crippen molar-refractivity contribution in [1.82, 2.24) is 0 Å². The van der Waals surface area contributed by atoms with Gasteiger partial charge in [-0.3, -0.25) is 0 Å². The van der Waals surface area contributed by atoms with Crippen LogP contribution < -0.4 is 10.2 Å². The minimum Gasteiger partial charge on any atom is -0.354 e. The van der Waals surface area contributed by atoms with Gasteiger partial charge in [-0.1, -0.05) is 72.3 Å². The van der Waals surface area contributed by atoms with Crippen molar-refractivity contribution >= 4 is 40.0 Å². The lowest BCUT2D eigenvalue weighted by molar-refractivity contribution is 1.28. The average molecular weight is 371 g/mol. The molecule has 132 valence electrons. The van der Waals surface area contributed by atoms with Crippen molar-refractivity contribution in [2.75, 3.05) is 10.2 Å². The molecule has 0 aliphatic carbocycles. The van der Waals surface area contributed by atoms with Crippen molar-refractivity contribution in [3.63, 3.8) is 0 Å². The summed E-state index contributed by atoms with van der Waals surface area (Å²) in [6, 6.07) is 36.6. The summed E-state index contributed by atoms with van der Waals surface area (Å²) < 4.78 is 0. The van der Waals surface area contributed by atoms with Gasteiger partial charge in [-0.15, -0.1) is 0 Å². The summed E-state index contributed by atoms with van der Waals surface area (Å²) in [5.41, 5.74) is 4.92. The number of nitrogens with one attached hydrogen (secondary N) is 1. The van der Waals surface area contributed by atoms with Crippen molar-refractivity contribution in [2.45, 2.75) is 0 Å². The lowest BCUT2D eigenvalue weighted by atomic mass is 10.1. The van der Waals surface area contributed by atoms with Crippen LogP contribution in [0.2, 0.25) is 5.02 Å². The summed E-state index contributed by atoms with van der Waals surface area (Å²) in [6.45, 7) is 0. The molecule has 3 heteroatoms. The van der Waals surface area contributed by atoms with Crippen LogP contribution >= 0.6 is 11.6 Å². The summed E-state index contributed by atoms with van der Waals surface area (Å²) in [7, 11) is 0. The summed E-state index contributed by atoms with van der Waals surface area (Å²) in [6.07, 6.45) is 0. The third kappa shape index (κ3) is 3.81. The lowest BCUT2D eigenvalue weighted by Gasteiger charge is -2.27. The molecule has 0 saturated heterocycles. The van der Waals surface area contributed by atoms with Crippen LogP contribution in [0.5, 0.6) is 0 Å². The van der Waals surface area contributed by atoms with Gasteiger partial charge in [-0.2, -0.15) is 0 Å². The number of rotatable bonds is 5. The first-order valence-corrected chi connectivity index (χ1v) is 9.21. The molecule has 0 aromatic heterocycles. The molecular formula is C24H19ClN2. The van der Waals surface area contributed by atoms with E-state index >= 15 is 0 Å². The Morgan fingerprint density at radius 2 is 1.07 bits per heavy atom. The SMILES string of the molecule is Clc1c(Nc2ccccc2)cccc1N(c1ccccc1)c1ccccc1. The zero-order valence-electron chi connectivity index (χ0n) is 14.7. The maximum atomic E-state index is 6.85. The highest BCUT2D eigenvalue weighted by molar-refractivity contribution is 6.36. The Balaban J connectivity index is 1.80. The molecule has 1 N–H and O–H groups in total. The lowest BCUT2D eigenvalue weighted by Crippen LogP contribution is -2.10. The summed E-state index contributed by atoms with van der Waals surface area (Å²) in [5.74, 6) is 0. The Kier molecular flexibility index (Phi) is 5.08. The van der Waals surface area contributed by atoms with E-state index in [1.807, 2.05) is 84.9 Å². The first-order valence-electron chi connectivity index (χ1n) is 8.84. The van der Waals surface area contributed by atoms with E-state index in [1.165, 1.54) is 0 Å². The number of anilines is 5. The molecule has 4 aromatic rings. The highest BCUT2D eigenvalue weighted by atomic mass is 35.5. The fourth-order valence-corrected chi connectivity index (χ4v) is 3.31. The van der Waals surface area contributed by atoms with Crippen LogP contribution in [0.25, 0.3) is 0 Å². The predicted molar refractivity (Wildman–Crippen MR) is 116 cm³/mol. The number of halogens is 1. The van der Waals surface area contributed by atoms with Gasteiger partial charge in [0.1, 0.15) is 0 Å². The highest BCUT2D eigenvalue weighted by Gasteiger charge is 2.17. The predicted octanol–water partition coefficient (Wildman–Crippen LogP) is 7.55. The van der Waals surface area contributed by atoms with Gasteiger partial charge in [0.2, 0.25) is 0 Å². The fourth-order valence-electron chi connectivity index (χ4n) is 3.05. The van der Waals surface area contributed by atoms with E-state index in [-0.39, 0.29) is 0 Å². The average Bonchev–Trinajstić information content (AvgIpc) is 2.73. The molecular weight excluding hydrogens is 352 g/mol.